The molecule has 8 heteroatoms. The molecule has 0 aliphatic carbocycles. The molecule has 2 heterocycles. The first-order valence-electron chi connectivity index (χ1n) is 11.0. The molecule has 33 heavy (non-hydrogen) atoms. The standard InChI is InChI=1S/C25H29N5O3/c1-32-22-10-8-20(16-23(22)33-2)21-9-11-24(28-27-21)29-12-14-30(15-13-29)25(31)18-26-17-19-6-4-3-5-7-19/h3-11,16,26H,12-15,17-18H2,1-2H3. The van der Waals surface area contributed by atoms with Crippen LogP contribution in [0.25, 0.3) is 11.3 Å². The number of carbonyl (C=O) groups is 1. The van der Waals surface area contributed by atoms with Gasteiger partial charge in [0.25, 0.3) is 0 Å². The Morgan fingerprint density at radius 2 is 1.67 bits per heavy atom. The molecule has 0 saturated carbocycles. The van der Waals surface area contributed by atoms with E-state index in [0.29, 0.717) is 37.7 Å². The topological polar surface area (TPSA) is 79.8 Å². The summed E-state index contributed by atoms with van der Waals surface area (Å²) < 4.78 is 10.7. The predicted octanol–water partition coefficient (Wildman–Crippen LogP) is 2.60. The second kappa shape index (κ2) is 10.8. The second-order valence-electron chi connectivity index (χ2n) is 7.80. The minimum Gasteiger partial charge on any atom is -0.493 e. The van der Waals surface area contributed by atoms with Crippen LogP contribution in [0.15, 0.2) is 60.7 Å². The van der Waals surface area contributed by atoms with Crippen molar-refractivity contribution in [3.8, 4) is 22.8 Å². The van der Waals surface area contributed by atoms with E-state index in [4.69, 9.17) is 9.47 Å². The van der Waals surface area contributed by atoms with Crippen LogP contribution < -0.4 is 19.7 Å². The Labute approximate surface area is 194 Å². The van der Waals surface area contributed by atoms with E-state index in [9.17, 15) is 4.79 Å². The molecule has 1 fully saturated rings. The maximum absolute atomic E-state index is 12.5. The third-order valence-corrected chi connectivity index (χ3v) is 5.73. The van der Waals surface area contributed by atoms with Crippen LogP contribution in [0.3, 0.4) is 0 Å². The normalized spacial score (nSPS) is 13.6. The van der Waals surface area contributed by atoms with E-state index in [-0.39, 0.29) is 5.91 Å². The van der Waals surface area contributed by atoms with Gasteiger partial charge in [0.05, 0.1) is 26.5 Å². The zero-order valence-electron chi connectivity index (χ0n) is 19.0. The molecule has 4 rings (SSSR count). The number of benzene rings is 2. The molecular formula is C25H29N5O3. The lowest BCUT2D eigenvalue weighted by molar-refractivity contribution is -0.130. The van der Waals surface area contributed by atoms with Crippen LogP contribution in [0, 0.1) is 0 Å². The molecule has 1 aromatic heterocycles. The van der Waals surface area contributed by atoms with Gasteiger partial charge in [-0.25, -0.2) is 0 Å². The molecule has 2 aromatic carbocycles. The molecule has 1 amide bonds. The number of carbonyl (C=O) groups excluding carboxylic acids is 1. The monoisotopic (exact) mass is 447 g/mol. The van der Waals surface area contributed by atoms with E-state index in [1.165, 1.54) is 5.56 Å². The largest absolute Gasteiger partial charge is 0.493 e. The van der Waals surface area contributed by atoms with Gasteiger partial charge in [-0.2, -0.15) is 0 Å². The molecule has 3 aromatic rings. The van der Waals surface area contributed by atoms with Gasteiger partial charge in [-0.05, 0) is 35.9 Å². The summed E-state index contributed by atoms with van der Waals surface area (Å²) in [5, 5.41) is 12.1. The molecule has 1 N–H and O–H groups in total. The summed E-state index contributed by atoms with van der Waals surface area (Å²) in [7, 11) is 3.22. The van der Waals surface area contributed by atoms with Crippen molar-refractivity contribution in [1.29, 1.82) is 0 Å². The number of aromatic nitrogens is 2. The third kappa shape index (κ3) is 5.59. The van der Waals surface area contributed by atoms with Crippen molar-refractivity contribution in [2.24, 2.45) is 0 Å². The second-order valence-corrected chi connectivity index (χ2v) is 7.80. The number of nitrogens with one attached hydrogen (secondary N) is 1. The average Bonchev–Trinajstić information content (AvgIpc) is 2.89. The quantitative estimate of drug-likeness (QED) is 0.569. The van der Waals surface area contributed by atoms with Crippen molar-refractivity contribution in [2.45, 2.75) is 6.54 Å². The van der Waals surface area contributed by atoms with E-state index < -0.39 is 0 Å². The van der Waals surface area contributed by atoms with Crippen molar-refractivity contribution < 1.29 is 14.3 Å². The first kappa shape index (κ1) is 22.5. The summed E-state index contributed by atoms with van der Waals surface area (Å²) >= 11 is 0. The summed E-state index contributed by atoms with van der Waals surface area (Å²) in [4.78, 5) is 16.6. The highest BCUT2D eigenvalue weighted by Gasteiger charge is 2.22. The summed E-state index contributed by atoms with van der Waals surface area (Å²) in [6, 6.07) is 19.7. The Bertz CT molecular complexity index is 1050. The van der Waals surface area contributed by atoms with Gasteiger partial charge in [0.2, 0.25) is 5.91 Å². The molecule has 0 atom stereocenters. The lowest BCUT2D eigenvalue weighted by Crippen LogP contribution is -2.51. The number of hydrogen-bond donors (Lipinski definition) is 1. The highest BCUT2D eigenvalue weighted by atomic mass is 16.5. The number of rotatable bonds is 8. The fourth-order valence-corrected chi connectivity index (χ4v) is 3.85. The number of ether oxygens (including phenoxy) is 2. The van der Waals surface area contributed by atoms with Crippen molar-refractivity contribution in [2.75, 3.05) is 51.8 Å². The van der Waals surface area contributed by atoms with E-state index in [2.05, 4.69) is 20.4 Å². The molecule has 0 spiro atoms. The van der Waals surface area contributed by atoms with E-state index in [0.717, 1.165) is 30.2 Å². The van der Waals surface area contributed by atoms with Gasteiger partial charge in [-0.3, -0.25) is 4.79 Å². The summed E-state index contributed by atoms with van der Waals surface area (Å²) in [6.07, 6.45) is 0. The van der Waals surface area contributed by atoms with E-state index >= 15 is 0 Å². The zero-order chi connectivity index (χ0) is 23.0. The van der Waals surface area contributed by atoms with Crippen LogP contribution in [0.4, 0.5) is 5.82 Å². The minimum absolute atomic E-state index is 0.125. The molecule has 8 nitrogen and oxygen atoms in total. The molecule has 1 aliphatic heterocycles. The summed E-state index contributed by atoms with van der Waals surface area (Å²) in [6.45, 7) is 3.84. The maximum Gasteiger partial charge on any atom is 0.236 e. The van der Waals surface area contributed by atoms with Gasteiger partial charge in [0, 0.05) is 38.3 Å². The number of amides is 1. The van der Waals surface area contributed by atoms with Crippen LogP contribution in [-0.2, 0) is 11.3 Å². The lowest BCUT2D eigenvalue weighted by Gasteiger charge is -2.35. The highest BCUT2D eigenvalue weighted by molar-refractivity contribution is 5.78. The Balaban J connectivity index is 1.28. The molecular weight excluding hydrogens is 418 g/mol. The first-order valence-corrected chi connectivity index (χ1v) is 11.0. The van der Waals surface area contributed by atoms with Gasteiger partial charge >= 0.3 is 0 Å². The number of anilines is 1. The molecule has 1 aliphatic rings. The smallest absolute Gasteiger partial charge is 0.236 e. The average molecular weight is 448 g/mol. The fourth-order valence-electron chi connectivity index (χ4n) is 3.85. The van der Waals surface area contributed by atoms with Crippen LogP contribution in [0.5, 0.6) is 11.5 Å². The summed E-state index contributed by atoms with van der Waals surface area (Å²) in [5.74, 6) is 2.27. The highest BCUT2D eigenvalue weighted by Crippen LogP contribution is 2.31. The van der Waals surface area contributed by atoms with Gasteiger partial charge in [-0.1, -0.05) is 30.3 Å². The van der Waals surface area contributed by atoms with Crippen LogP contribution >= 0.6 is 0 Å². The molecule has 172 valence electrons. The number of nitrogens with zero attached hydrogens (tertiary/aromatic N) is 4. The Hall–Kier alpha value is -3.65. The van der Waals surface area contributed by atoms with E-state index in [1.54, 1.807) is 14.2 Å². The van der Waals surface area contributed by atoms with Crippen molar-refractivity contribution >= 4 is 11.7 Å². The van der Waals surface area contributed by atoms with Crippen molar-refractivity contribution in [1.82, 2.24) is 20.4 Å². The van der Waals surface area contributed by atoms with Crippen molar-refractivity contribution in [3.05, 3.63) is 66.2 Å². The predicted molar refractivity (Wildman–Crippen MR) is 128 cm³/mol. The Morgan fingerprint density at radius 1 is 0.909 bits per heavy atom. The first-order chi connectivity index (χ1) is 16.2. The van der Waals surface area contributed by atoms with Crippen molar-refractivity contribution in [3.63, 3.8) is 0 Å². The Kier molecular flexibility index (Phi) is 7.36. The van der Waals surface area contributed by atoms with E-state index in [1.807, 2.05) is 65.6 Å². The molecule has 1 saturated heterocycles. The number of hydrogen-bond acceptors (Lipinski definition) is 7. The number of piperazine rings is 1. The van der Waals surface area contributed by atoms with Crippen LogP contribution in [0.1, 0.15) is 5.56 Å². The third-order valence-electron chi connectivity index (χ3n) is 5.73. The fraction of sp³-hybridized carbons (Fsp3) is 0.320. The van der Waals surface area contributed by atoms with Gasteiger partial charge < -0.3 is 24.6 Å². The SMILES string of the molecule is COc1ccc(-c2ccc(N3CCN(C(=O)CNCc4ccccc4)CC3)nn2)cc1OC. The van der Waals surface area contributed by atoms with Gasteiger partial charge in [0.1, 0.15) is 0 Å². The summed E-state index contributed by atoms with van der Waals surface area (Å²) in [5.41, 5.74) is 2.84. The zero-order valence-corrected chi connectivity index (χ0v) is 19.0. The Morgan fingerprint density at radius 3 is 2.33 bits per heavy atom. The van der Waals surface area contributed by atoms with Crippen LogP contribution in [0.2, 0.25) is 0 Å². The lowest BCUT2D eigenvalue weighted by atomic mass is 10.1. The minimum atomic E-state index is 0.125. The van der Waals surface area contributed by atoms with Crippen LogP contribution in [-0.4, -0.2) is 67.9 Å². The van der Waals surface area contributed by atoms with Gasteiger partial charge in [0.15, 0.2) is 17.3 Å². The maximum atomic E-state index is 12.5. The molecule has 0 unspecified atom stereocenters. The number of methoxy groups -OCH3 is 2. The molecule has 0 radical (unpaired) electrons. The molecule has 0 bridgehead atoms. The van der Waals surface area contributed by atoms with Gasteiger partial charge in [-0.15, -0.1) is 10.2 Å².